The first-order valence-corrected chi connectivity index (χ1v) is 7.90. The Balaban J connectivity index is 1.79. The van der Waals surface area contributed by atoms with Gasteiger partial charge in [0.2, 0.25) is 5.13 Å². The summed E-state index contributed by atoms with van der Waals surface area (Å²) in [4.78, 5) is 16.6. The number of aryl methyl sites for hydroxylation is 1. The van der Waals surface area contributed by atoms with Crippen LogP contribution in [0.25, 0.3) is 11.4 Å². The van der Waals surface area contributed by atoms with E-state index in [1.807, 2.05) is 24.3 Å². The number of hydrogen-bond acceptors (Lipinski definition) is 5. The van der Waals surface area contributed by atoms with Gasteiger partial charge in [0.05, 0.1) is 7.11 Å². The Hall–Kier alpha value is -2.80. The van der Waals surface area contributed by atoms with Gasteiger partial charge in [-0.3, -0.25) is 10.1 Å². The summed E-state index contributed by atoms with van der Waals surface area (Å²) in [6.45, 7) is 1.68. The first-order valence-electron chi connectivity index (χ1n) is 7.12. The quantitative estimate of drug-likeness (QED) is 0.780. The van der Waals surface area contributed by atoms with Crippen molar-refractivity contribution in [3.05, 3.63) is 59.4 Å². The van der Waals surface area contributed by atoms with Crippen LogP contribution in [-0.2, 0) is 0 Å². The van der Waals surface area contributed by atoms with Crippen molar-refractivity contribution in [2.45, 2.75) is 6.92 Å². The molecule has 0 aliphatic carbocycles. The number of amides is 1. The fourth-order valence-electron chi connectivity index (χ4n) is 2.20. The molecule has 3 rings (SSSR count). The highest BCUT2D eigenvalue weighted by molar-refractivity contribution is 7.10. The fraction of sp³-hybridized carbons (Fsp3) is 0.118. The largest absolute Gasteiger partial charge is 0.497 e. The van der Waals surface area contributed by atoms with Crippen molar-refractivity contribution in [2.75, 3.05) is 12.4 Å². The van der Waals surface area contributed by atoms with Crippen LogP contribution in [0.2, 0.25) is 0 Å². The topological polar surface area (TPSA) is 64.1 Å². The number of halogens is 1. The molecule has 0 saturated carbocycles. The lowest BCUT2D eigenvalue weighted by Gasteiger charge is -2.04. The maximum atomic E-state index is 13.1. The lowest BCUT2D eigenvalue weighted by Crippen LogP contribution is -2.13. The predicted octanol–water partition coefficient (Wildman–Crippen LogP) is 3.91. The van der Waals surface area contributed by atoms with Crippen molar-refractivity contribution in [1.82, 2.24) is 9.36 Å². The number of hydrogen-bond donors (Lipinski definition) is 1. The highest BCUT2D eigenvalue weighted by Crippen LogP contribution is 2.25. The Morgan fingerprint density at radius 3 is 2.83 bits per heavy atom. The van der Waals surface area contributed by atoms with E-state index in [0.717, 1.165) is 17.1 Å². The van der Waals surface area contributed by atoms with E-state index in [9.17, 15) is 9.18 Å². The van der Waals surface area contributed by atoms with Crippen LogP contribution in [0.15, 0.2) is 42.5 Å². The zero-order valence-electron chi connectivity index (χ0n) is 13.0. The number of benzene rings is 2. The van der Waals surface area contributed by atoms with Gasteiger partial charge < -0.3 is 4.74 Å². The van der Waals surface area contributed by atoms with Crippen LogP contribution >= 0.6 is 11.5 Å². The number of nitrogens with one attached hydrogen (secondary N) is 1. The summed E-state index contributed by atoms with van der Waals surface area (Å²) in [5.74, 6) is 0.487. The maximum Gasteiger partial charge on any atom is 0.257 e. The Morgan fingerprint density at radius 2 is 2.08 bits per heavy atom. The van der Waals surface area contributed by atoms with E-state index in [2.05, 4.69) is 14.7 Å². The second kappa shape index (κ2) is 6.76. The average Bonchev–Trinajstić information content (AvgIpc) is 3.03. The molecule has 0 atom stereocenters. The number of rotatable bonds is 4. The van der Waals surface area contributed by atoms with Gasteiger partial charge in [-0.1, -0.05) is 12.1 Å². The molecule has 0 spiro atoms. The molecule has 0 fully saturated rings. The summed E-state index contributed by atoms with van der Waals surface area (Å²) in [5, 5.41) is 3.07. The van der Waals surface area contributed by atoms with Crippen LogP contribution in [0.5, 0.6) is 5.75 Å². The highest BCUT2D eigenvalue weighted by atomic mass is 32.1. The van der Waals surface area contributed by atoms with E-state index >= 15 is 0 Å². The summed E-state index contributed by atoms with van der Waals surface area (Å²) < 4.78 is 22.5. The Morgan fingerprint density at radius 1 is 1.25 bits per heavy atom. The van der Waals surface area contributed by atoms with Crippen LogP contribution in [0.4, 0.5) is 9.52 Å². The van der Waals surface area contributed by atoms with Crippen LogP contribution in [0, 0.1) is 12.7 Å². The second-order valence-electron chi connectivity index (χ2n) is 5.07. The Kier molecular flexibility index (Phi) is 4.52. The van der Waals surface area contributed by atoms with Crippen molar-refractivity contribution in [2.24, 2.45) is 0 Å². The summed E-state index contributed by atoms with van der Waals surface area (Å²) in [6, 6.07) is 11.4. The summed E-state index contributed by atoms with van der Waals surface area (Å²) in [5.41, 5.74) is 1.75. The van der Waals surface area contributed by atoms with Gasteiger partial charge in [-0.05, 0) is 42.8 Å². The van der Waals surface area contributed by atoms with Gasteiger partial charge in [0.1, 0.15) is 11.6 Å². The molecule has 1 amide bonds. The molecule has 5 nitrogen and oxygen atoms in total. The first kappa shape index (κ1) is 16.1. The molecule has 0 saturated heterocycles. The molecule has 1 N–H and O–H groups in total. The van der Waals surface area contributed by atoms with Gasteiger partial charge in [-0.2, -0.15) is 9.36 Å². The number of nitrogens with zero attached hydrogens (tertiary/aromatic N) is 2. The van der Waals surface area contributed by atoms with Crippen LogP contribution < -0.4 is 10.1 Å². The van der Waals surface area contributed by atoms with Gasteiger partial charge in [0.25, 0.3) is 5.91 Å². The van der Waals surface area contributed by atoms with Gasteiger partial charge in [-0.15, -0.1) is 0 Å². The molecular weight excluding hydrogens is 329 g/mol. The third-order valence-corrected chi connectivity index (χ3v) is 4.04. The number of methoxy groups -OCH3 is 1. The molecule has 0 bridgehead atoms. The fourth-order valence-corrected chi connectivity index (χ4v) is 2.78. The maximum absolute atomic E-state index is 13.1. The molecule has 7 heteroatoms. The van der Waals surface area contributed by atoms with E-state index in [1.165, 1.54) is 18.2 Å². The number of anilines is 1. The molecule has 1 heterocycles. The molecule has 1 aromatic heterocycles. The normalized spacial score (nSPS) is 10.5. The standard InChI is InChI=1S/C17H14FN3O2S/c1-10-8-12(18)6-7-14(10)16(22)20-17-19-15(21-24-17)11-4-3-5-13(9-11)23-2/h3-9H,1-2H3,(H,19,20,21,22). The Labute approximate surface area is 142 Å². The monoisotopic (exact) mass is 343 g/mol. The SMILES string of the molecule is COc1cccc(-c2nsc(NC(=O)c3ccc(F)cc3C)n2)c1. The minimum absolute atomic E-state index is 0.346. The zero-order chi connectivity index (χ0) is 17.1. The van der Waals surface area contributed by atoms with Crippen molar-refractivity contribution in [3.63, 3.8) is 0 Å². The van der Waals surface area contributed by atoms with Gasteiger partial charge in [0.15, 0.2) is 5.82 Å². The molecular formula is C17H14FN3O2S. The van der Waals surface area contributed by atoms with E-state index in [1.54, 1.807) is 14.0 Å². The van der Waals surface area contributed by atoms with Crippen molar-refractivity contribution < 1.29 is 13.9 Å². The summed E-state index contributed by atoms with van der Waals surface area (Å²) in [7, 11) is 1.59. The predicted molar refractivity (Wildman–Crippen MR) is 91.0 cm³/mol. The van der Waals surface area contributed by atoms with E-state index in [0.29, 0.717) is 27.8 Å². The number of ether oxygens (including phenoxy) is 1. The van der Waals surface area contributed by atoms with Crippen LogP contribution in [0.3, 0.4) is 0 Å². The van der Waals surface area contributed by atoms with E-state index in [4.69, 9.17) is 4.74 Å². The van der Waals surface area contributed by atoms with Crippen LogP contribution in [-0.4, -0.2) is 22.4 Å². The summed E-state index contributed by atoms with van der Waals surface area (Å²) >= 11 is 1.08. The molecule has 0 aliphatic heterocycles. The molecule has 0 radical (unpaired) electrons. The molecule has 2 aromatic carbocycles. The Bertz CT molecular complexity index is 895. The van der Waals surface area contributed by atoms with E-state index in [-0.39, 0.29) is 11.7 Å². The average molecular weight is 343 g/mol. The molecule has 0 aliphatic rings. The van der Waals surface area contributed by atoms with Crippen molar-refractivity contribution in [1.29, 1.82) is 0 Å². The third kappa shape index (κ3) is 3.41. The highest BCUT2D eigenvalue weighted by Gasteiger charge is 2.13. The van der Waals surface area contributed by atoms with Gasteiger partial charge in [0, 0.05) is 22.7 Å². The van der Waals surface area contributed by atoms with Crippen molar-refractivity contribution >= 4 is 22.6 Å². The zero-order valence-corrected chi connectivity index (χ0v) is 13.9. The van der Waals surface area contributed by atoms with Crippen LogP contribution in [0.1, 0.15) is 15.9 Å². The third-order valence-electron chi connectivity index (χ3n) is 3.41. The van der Waals surface area contributed by atoms with Gasteiger partial charge in [-0.25, -0.2) is 4.39 Å². The number of carbonyl (C=O) groups is 1. The minimum atomic E-state index is -0.375. The molecule has 0 unspecified atom stereocenters. The number of aromatic nitrogens is 2. The molecule has 122 valence electrons. The second-order valence-corrected chi connectivity index (χ2v) is 5.82. The minimum Gasteiger partial charge on any atom is -0.497 e. The molecule has 3 aromatic rings. The smallest absolute Gasteiger partial charge is 0.257 e. The van der Waals surface area contributed by atoms with Gasteiger partial charge >= 0.3 is 0 Å². The van der Waals surface area contributed by atoms with Crippen molar-refractivity contribution in [3.8, 4) is 17.1 Å². The summed E-state index contributed by atoms with van der Waals surface area (Å²) in [6.07, 6.45) is 0. The van der Waals surface area contributed by atoms with E-state index < -0.39 is 0 Å². The first-order chi connectivity index (χ1) is 11.6. The lowest BCUT2D eigenvalue weighted by atomic mass is 10.1. The number of carbonyl (C=O) groups excluding carboxylic acids is 1. The lowest BCUT2D eigenvalue weighted by molar-refractivity contribution is 0.102. The molecule has 24 heavy (non-hydrogen) atoms.